The molecule has 1 aromatic carbocycles. The molecule has 29 heavy (non-hydrogen) atoms. The fourth-order valence-electron chi connectivity index (χ4n) is 3.45. The molecule has 10 heteroatoms. The summed E-state index contributed by atoms with van der Waals surface area (Å²) in [7, 11) is 1.55. The van der Waals surface area contributed by atoms with Crippen LogP contribution in [-0.4, -0.2) is 31.5 Å². The van der Waals surface area contributed by atoms with E-state index in [-0.39, 0.29) is 30.8 Å². The van der Waals surface area contributed by atoms with E-state index in [1.807, 2.05) is 0 Å². The fraction of sp³-hybridized carbons (Fsp3) is 0.368. The summed E-state index contributed by atoms with van der Waals surface area (Å²) in [5.41, 5.74) is 0.358. The van der Waals surface area contributed by atoms with Gasteiger partial charge in [-0.25, -0.2) is 4.79 Å². The summed E-state index contributed by atoms with van der Waals surface area (Å²) in [5.74, 6) is 0.389. The molecule has 152 valence electrons. The van der Waals surface area contributed by atoms with Gasteiger partial charge in [-0.15, -0.1) is 0 Å². The molecule has 0 fully saturated rings. The summed E-state index contributed by atoms with van der Waals surface area (Å²) in [6.45, 7) is 0.342. The third-order valence-corrected chi connectivity index (χ3v) is 5.23. The molecule has 0 spiro atoms. The first-order chi connectivity index (χ1) is 14.0. The van der Waals surface area contributed by atoms with Crippen molar-refractivity contribution in [2.75, 3.05) is 7.11 Å². The molecule has 2 aromatic heterocycles. The van der Waals surface area contributed by atoms with Crippen LogP contribution in [0.5, 0.6) is 0 Å². The number of nitrogens with zero attached hydrogens (tertiary/aromatic N) is 4. The Morgan fingerprint density at radius 3 is 2.83 bits per heavy atom. The molecule has 9 nitrogen and oxygen atoms in total. The van der Waals surface area contributed by atoms with Crippen LogP contribution in [0.15, 0.2) is 44.4 Å². The zero-order valence-electron chi connectivity index (χ0n) is 15.6. The smallest absolute Gasteiger partial charge is 0.331 e. The molecule has 1 aliphatic rings. The second-order valence-corrected chi connectivity index (χ2v) is 7.25. The molecule has 0 unspecified atom stereocenters. The van der Waals surface area contributed by atoms with Crippen LogP contribution in [0.1, 0.15) is 41.6 Å². The second kappa shape index (κ2) is 7.94. The molecule has 0 saturated heterocycles. The predicted octanol–water partition coefficient (Wildman–Crippen LogP) is 1.46. The first-order valence-electron chi connectivity index (χ1n) is 9.08. The van der Waals surface area contributed by atoms with Gasteiger partial charge in [0.1, 0.15) is 6.54 Å². The SMILES string of the molecule is CO[C@@H]1CCn2c1cc(=O)n(Cc1nc(C[C@H](O)c3ccc(Cl)cc3)no1)c2=O. The van der Waals surface area contributed by atoms with Crippen molar-refractivity contribution in [3.05, 3.63) is 79.2 Å². The lowest BCUT2D eigenvalue weighted by Gasteiger charge is -2.10. The standard InChI is InChI=1S/C19H19ClN4O5/c1-28-15-6-7-23-13(15)8-18(26)24(19(23)27)10-17-21-16(22-29-17)9-14(25)11-2-4-12(20)5-3-11/h2-5,8,14-15,25H,6-7,9-10H2,1H3/t14-,15+/m0/s1. The lowest BCUT2D eigenvalue weighted by Crippen LogP contribution is -2.40. The van der Waals surface area contributed by atoms with Crippen molar-refractivity contribution in [2.45, 2.75) is 38.1 Å². The van der Waals surface area contributed by atoms with E-state index in [2.05, 4.69) is 10.1 Å². The molecule has 1 aliphatic heterocycles. The van der Waals surface area contributed by atoms with Gasteiger partial charge in [0.2, 0.25) is 5.89 Å². The molecule has 0 amide bonds. The highest BCUT2D eigenvalue weighted by atomic mass is 35.5. The topological polar surface area (TPSA) is 112 Å². The molecule has 0 bridgehead atoms. The maximum absolute atomic E-state index is 12.7. The highest BCUT2D eigenvalue weighted by Crippen LogP contribution is 2.25. The molecule has 2 atom stereocenters. The summed E-state index contributed by atoms with van der Waals surface area (Å²) >= 11 is 5.85. The summed E-state index contributed by atoms with van der Waals surface area (Å²) in [6.07, 6.45) is -0.326. The van der Waals surface area contributed by atoms with E-state index in [0.717, 1.165) is 4.57 Å². The number of methoxy groups -OCH3 is 1. The number of aliphatic hydroxyl groups excluding tert-OH is 1. The Morgan fingerprint density at radius 1 is 1.34 bits per heavy atom. The van der Waals surface area contributed by atoms with Gasteiger partial charge in [-0.3, -0.25) is 13.9 Å². The second-order valence-electron chi connectivity index (χ2n) is 6.82. The number of fused-ring (bicyclic) bond motifs is 1. The van der Waals surface area contributed by atoms with E-state index in [9.17, 15) is 14.7 Å². The third-order valence-electron chi connectivity index (χ3n) is 4.97. The predicted molar refractivity (Wildman–Crippen MR) is 103 cm³/mol. The maximum atomic E-state index is 12.7. The van der Waals surface area contributed by atoms with E-state index in [1.165, 1.54) is 10.6 Å². The summed E-state index contributed by atoms with van der Waals surface area (Å²) < 4.78 is 13.1. The Kier molecular flexibility index (Phi) is 5.35. The highest BCUT2D eigenvalue weighted by Gasteiger charge is 2.26. The Labute approximate surface area is 170 Å². The van der Waals surface area contributed by atoms with E-state index in [1.54, 1.807) is 31.4 Å². The average Bonchev–Trinajstić information content (AvgIpc) is 3.32. The Hall–Kier alpha value is -2.75. The van der Waals surface area contributed by atoms with Crippen molar-refractivity contribution in [1.82, 2.24) is 19.3 Å². The Bertz CT molecular complexity index is 1130. The number of rotatable bonds is 6. The molecular formula is C19H19ClN4O5. The van der Waals surface area contributed by atoms with Gasteiger partial charge in [-0.1, -0.05) is 28.9 Å². The molecule has 0 aliphatic carbocycles. The summed E-state index contributed by atoms with van der Waals surface area (Å²) in [4.78, 5) is 29.3. The van der Waals surface area contributed by atoms with Crippen molar-refractivity contribution in [2.24, 2.45) is 0 Å². The molecule has 0 radical (unpaired) electrons. The minimum Gasteiger partial charge on any atom is -0.388 e. The van der Waals surface area contributed by atoms with Crippen LogP contribution in [0.2, 0.25) is 5.02 Å². The van der Waals surface area contributed by atoms with Gasteiger partial charge < -0.3 is 14.4 Å². The van der Waals surface area contributed by atoms with Crippen LogP contribution in [0.4, 0.5) is 0 Å². The van der Waals surface area contributed by atoms with Gasteiger partial charge in [0, 0.05) is 31.2 Å². The average molecular weight is 419 g/mol. The Morgan fingerprint density at radius 2 is 2.10 bits per heavy atom. The largest absolute Gasteiger partial charge is 0.388 e. The number of ether oxygens (including phenoxy) is 1. The van der Waals surface area contributed by atoms with Crippen molar-refractivity contribution in [3.8, 4) is 0 Å². The first kappa shape index (κ1) is 19.6. The molecule has 1 N–H and O–H groups in total. The quantitative estimate of drug-likeness (QED) is 0.644. The molecular weight excluding hydrogens is 400 g/mol. The van der Waals surface area contributed by atoms with Crippen LogP contribution in [0.3, 0.4) is 0 Å². The van der Waals surface area contributed by atoms with Gasteiger partial charge in [-0.2, -0.15) is 4.98 Å². The van der Waals surface area contributed by atoms with E-state index >= 15 is 0 Å². The number of halogens is 1. The van der Waals surface area contributed by atoms with Crippen molar-refractivity contribution < 1.29 is 14.4 Å². The Balaban J connectivity index is 1.52. The molecule has 0 saturated carbocycles. The van der Waals surface area contributed by atoms with Gasteiger partial charge in [-0.05, 0) is 24.1 Å². The van der Waals surface area contributed by atoms with Crippen LogP contribution < -0.4 is 11.2 Å². The lowest BCUT2D eigenvalue weighted by molar-refractivity contribution is 0.104. The van der Waals surface area contributed by atoms with Crippen molar-refractivity contribution >= 4 is 11.6 Å². The van der Waals surface area contributed by atoms with Crippen molar-refractivity contribution in [1.29, 1.82) is 0 Å². The number of aromatic nitrogens is 4. The molecule has 4 rings (SSSR count). The number of hydrogen-bond acceptors (Lipinski definition) is 7. The van der Waals surface area contributed by atoms with Gasteiger partial charge in [0.25, 0.3) is 5.56 Å². The summed E-state index contributed by atoms with van der Waals surface area (Å²) in [6, 6.07) is 8.20. The third kappa shape index (κ3) is 3.89. The molecule has 3 aromatic rings. The van der Waals surface area contributed by atoms with E-state index in [4.69, 9.17) is 20.9 Å². The van der Waals surface area contributed by atoms with Gasteiger partial charge in [0.05, 0.1) is 17.9 Å². The zero-order chi connectivity index (χ0) is 20.5. The summed E-state index contributed by atoms with van der Waals surface area (Å²) in [5, 5.41) is 14.7. The fourth-order valence-corrected chi connectivity index (χ4v) is 3.58. The highest BCUT2D eigenvalue weighted by molar-refractivity contribution is 6.30. The van der Waals surface area contributed by atoms with Crippen LogP contribution >= 0.6 is 11.6 Å². The van der Waals surface area contributed by atoms with Gasteiger partial charge in [0.15, 0.2) is 5.82 Å². The van der Waals surface area contributed by atoms with Crippen LogP contribution in [0, 0.1) is 0 Å². The van der Waals surface area contributed by atoms with Crippen molar-refractivity contribution in [3.63, 3.8) is 0 Å². The number of benzene rings is 1. The number of aliphatic hydroxyl groups is 1. The van der Waals surface area contributed by atoms with E-state index < -0.39 is 17.4 Å². The first-order valence-corrected chi connectivity index (χ1v) is 9.46. The van der Waals surface area contributed by atoms with Crippen LogP contribution in [0.25, 0.3) is 0 Å². The normalized spacial score (nSPS) is 16.7. The number of hydrogen-bond donors (Lipinski definition) is 1. The molecule has 3 heterocycles. The maximum Gasteiger partial charge on any atom is 0.331 e. The lowest BCUT2D eigenvalue weighted by atomic mass is 10.1. The van der Waals surface area contributed by atoms with Crippen LogP contribution in [-0.2, 0) is 24.2 Å². The zero-order valence-corrected chi connectivity index (χ0v) is 16.4. The minimum absolute atomic E-state index is 0.115. The monoisotopic (exact) mass is 418 g/mol. The minimum atomic E-state index is -0.836. The van der Waals surface area contributed by atoms with Gasteiger partial charge >= 0.3 is 5.69 Å². The van der Waals surface area contributed by atoms with E-state index in [0.29, 0.717) is 29.2 Å².